The lowest BCUT2D eigenvalue weighted by Gasteiger charge is -2.12. The molecule has 72 valence electrons. The Bertz CT molecular complexity index is 311. The van der Waals surface area contributed by atoms with Crippen molar-refractivity contribution >= 4 is 5.91 Å². The van der Waals surface area contributed by atoms with E-state index < -0.39 is 5.91 Å². The molecule has 0 radical (unpaired) electrons. The van der Waals surface area contributed by atoms with E-state index in [1.165, 1.54) is 0 Å². The highest BCUT2D eigenvalue weighted by Crippen LogP contribution is 2.16. The lowest BCUT2D eigenvalue weighted by Crippen LogP contribution is -2.31. The molecule has 0 atom stereocenters. The number of nitrogen functional groups attached to an aromatic ring is 1. The van der Waals surface area contributed by atoms with E-state index in [2.05, 4.69) is 15.2 Å². The van der Waals surface area contributed by atoms with E-state index in [0.29, 0.717) is 5.82 Å². The molecule has 1 aromatic rings. The summed E-state index contributed by atoms with van der Waals surface area (Å²) in [6.07, 6.45) is 0. The third kappa shape index (κ3) is 2.03. The van der Waals surface area contributed by atoms with Crippen molar-refractivity contribution in [2.75, 3.05) is 0 Å². The van der Waals surface area contributed by atoms with Gasteiger partial charge in [-0.1, -0.05) is 20.8 Å². The van der Waals surface area contributed by atoms with Gasteiger partial charge in [0.15, 0.2) is 0 Å². The first-order chi connectivity index (χ1) is 5.95. The van der Waals surface area contributed by atoms with Crippen LogP contribution in [0.5, 0.6) is 0 Å². The average molecular weight is 183 g/mol. The van der Waals surface area contributed by atoms with Gasteiger partial charge >= 0.3 is 5.91 Å². The fraction of sp³-hybridized carbons (Fsp3) is 0.571. The van der Waals surface area contributed by atoms with E-state index in [1.54, 1.807) is 0 Å². The molecule has 0 fully saturated rings. The van der Waals surface area contributed by atoms with Gasteiger partial charge in [-0.05, 0) is 0 Å². The molecule has 1 heterocycles. The predicted octanol–water partition coefficient (Wildman–Crippen LogP) is -0.294. The molecule has 1 amide bonds. The van der Waals surface area contributed by atoms with Gasteiger partial charge in [0.2, 0.25) is 5.82 Å². The molecule has 0 unspecified atom stereocenters. The normalized spacial score (nSPS) is 11.4. The first-order valence-electron chi connectivity index (χ1n) is 3.89. The van der Waals surface area contributed by atoms with Crippen LogP contribution < -0.4 is 11.3 Å². The lowest BCUT2D eigenvalue weighted by atomic mass is 9.96. The Morgan fingerprint density at radius 2 is 2.15 bits per heavy atom. The summed E-state index contributed by atoms with van der Waals surface area (Å²) in [7, 11) is 0. The number of rotatable bonds is 1. The lowest BCUT2D eigenvalue weighted by molar-refractivity contribution is 0.0943. The summed E-state index contributed by atoms with van der Waals surface area (Å²) < 4.78 is 0. The molecule has 1 aromatic heterocycles. The van der Waals surface area contributed by atoms with Gasteiger partial charge in [0.05, 0.1) is 0 Å². The van der Waals surface area contributed by atoms with Gasteiger partial charge in [-0.2, -0.15) is 0 Å². The minimum Gasteiger partial charge on any atom is -0.287 e. The fourth-order valence-corrected chi connectivity index (χ4v) is 0.763. The largest absolute Gasteiger partial charge is 0.304 e. The number of nitrogens with one attached hydrogen (secondary N) is 2. The Morgan fingerprint density at radius 3 is 2.54 bits per heavy atom. The zero-order valence-electron chi connectivity index (χ0n) is 7.88. The van der Waals surface area contributed by atoms with Crippen molar-refractivity contribution in [3.63, 3.8) is 0 Å². The molecule has 13 heavy (non-hydrogen) atoms. The number of carbonyl (C=O) groups is 1. The zero-order valence-corrected chi connectivity index (χ0v) is 7.88. The van der Waals surface area contributed by atoms with Gasteiger partial charge in [-0.15, -0.1) is 5.10 Å². The number of nitrogens with two attached hydrogens (primary N) is 1. The summed E-state index contributed by atoms with van der Waals surface area (Å²) >= 11 is 0. The van der Waals surface area contributed by atoms with Crippen LogP contribution in [-0.2, 0) is 5.41 Å². The summed E-state index contributed by atoms with van der Waals surface area (Å²) in [6, 6.07) is 0. The maximum Gasteiger partial charge on any atom is 0.304 e. The van der Waals surface area contributed by atoms with Crippen LogP contribution in [0.25, 0.3) is 0 Å². The summed E-state index contributed by atoms with van der Waals surface area (Å²) in [6.45, 7) is 5.91. The SMILES string of the molecule is CC(C)(C)c1nc(C(=O)NN)n[nH]1. The standard InChI is InChI=1S/C7H13N5O/c1-7(2,3)6-9-4(11-12-6)5(13)10-8/h8H2,1-3H3,(H,10,13)(H,9,11,12). The van der Waals surface area contributed by atoms with Crippen LogP contribution in [0.15, 0.2) is 0 Å². The van der Waals surface area contributed by atoms with Gasteiger partial charge in [-0.3, -0.25) is 15.3 Å². The maximum absolute atomic E-state index is 11.0. The van der Waals surface area contributed by atoms with Gasteiger partial charge in [0, 0.05) is 5.41 Å². The minimum absolute atomic E-state index is 0.0624. The van der Waals surface area contributed by atoms with Crippen molar-refractivity contribution in [3.05, 3.63) is 11.6 Å². The molecule has 6 heteroatoms. The van der Waals surface area contributed by atoms with Gasteiger partial charge < -0.3 is 0 Å². The number of nitrogens with zero attached hydrogens (tertiary/aromatic N) is 2. The van der Waals surface area contributed by atoms with Crippen LogP contribution in [0.2, 0.25) is 0 Å². The van der Waals surface area contributed by atoms with Crippen molar-refractivity contribution in [2.45, 2.75) is 26.2 Å². The molecule has 0 saturated heterocycles. The second-order valence-corrected chi connectivity index (χ2v) is 3.73. The summed E-state index contributed by atoms with van der Waals surface area (Å²) in [5, 5.41) is 6.41. The quantitative estimate of drug-likeness (QED) is 0.316. The van der Waals surface area contributed by atoms with Crippen LogP contribution in [0.1, 0.15) is 37.2 Å². The third-order valence-corrected chi connectivity index (χ3v) is 1.53. The van der Waals surface area contributed by atoms with Crippen molar-refractivity contribution in [2.24, 2.45) is 5.84 Å². The highest BCUT2D eigenvalue weighted by Gasteiger charge is 2.20. The first-order valence-corrected chi connectivity index (χ1v) is 3.89. The number of carbonyl (C=O) groups excluding carboxylic acids is 1. The van der Waals surface area contributed by atoms with E-state index in [9.17, 15) is 4.79 Å². The molecule has 0 bridgehead atoms. The Hall–Kier alpha value is -1.43. The van der Waals surface area contributed by atoms with Crippen molar-refractivity contribution < 1.29 is 4.79 Å². The molecular formula is C7H13N5O. The Balaban J connectivity index is 2.93. The van der Waals surface area contributed by atoms with E-state index in [-0.39, 0.29) is 11.2 Å². The average Bonchev–Trinajstić information content (AvgIpc) is 2.50. The summed E-state index contributed by atoms with van der Waals surface area (Å²) in [5.41, 5.74) is 1.81. The van der Waals surface area contributed by atoms with Crippen LogP contribution in [0.4, 0.5) is 0 Å². The molecule has 0 aliphatic rings. The van der Waals surface area contributed by atoms with Gasteiger partial charge in [0.1, 0.15) is 5.82 Å². The predicted molar refractivity (Wildman–Crippen MR) is 46.7 cm³/mol. The van der Waals surface area contributed by atoms with E-state index in [1.807, 2.05) is 26.2 Å². The first kappa shape index (κ1) is 9.66. The molecule has 0 aliphatic heterocycles. The van der Waals surface area contributed by atoms with Crippen LogP contribution in [0.3, 0.4) is 0 Å². The number of hydrogen-bond acceptors (Lipinski definition) is 4. The Labute approximate surface area is 75.9 Å². The van der Waals surface area contributed by atoms with E-state index in [4.69, 9.17) is 5.84 Å². The number of H-pyrrole nitrogens is 1. The van der Waals surface area contributed by atoms with Crippen LogP contribution in [-0.4, -0.2) is 21.1 Å². The molecular weight excluding hydrogens is 170 g/mol. The topological polar surface area (TPSA) is 96.7 Å². The third-order valence-electron chi connectivity index (χ3n) is 1.53. The highest BCUT2D eigenvalue weighted by atomic mass is 16.2. The van der Waals surface area contributed by atoms with Crippen molar-refractivity contribution in [3.8, 4) is 0 Å². The Kier molecular flexibility index (Phi) is 2.33. The monoisotopic (exact) mass is 183 g/mol. The number of aromatic amines is 1. The number of hydrazine groups is 1. The molecule has 0 saturated carbocycles. The molecule has 6 nitrogen and oxygen atoms in total. The summed E-state index contributed by atoms with van der Waals surface area (Å²) in [4.78, 5) is 15.0. The van der Waals surface area contributed by atoms with Gasteiger partial charge in [0.25, 0.3) is 0 Å². The molecule has 1 rings (SSSR count). The van der Waals surface area contributed by atoms with Crippen LogP contribution >= 0.6 is 0 Å². The second kappa shape index (κ2) is 3.14. The highest BCUT2D eigenvalue weighted by molar-refractivity contribution is 5.89. The Morgan fingerprint density at radius 1 is 1.54 bits per heavy atom. The number of aromatic nitrogens is 3. The molecule has 0 aliphatic carbocycles. The summed E-state index contributed by atoms with van der Waals surface area (Å²) in [5.74, 6) is 5.16. The number of hydrogen-bond donors (Lipinski definition) is 3. The fourth-order valence-electron chi connectivity index (χ4n) is 0.763. The van der Waals surface area contributed by atoms with Crippen molar-refractivity contribution in [1.82, 2.24) is 20.6 Å². The van der Waals surface area contributed by atoms with E-state index in [0.717, 1.165) is 0 Å². The maximum atomic E-state index is 11.0. The zero-order chi connectivity index (χ0) is 10.1. The molecule has 0 spiro atoms. The smallest absolute Gasteiger partial charge is 0.287 e. The number of amides is 1. The van der Waals surface area contributed by atoms with Gasteiger partial charge in [-0.25, -0.2) is 10.8 Å². The molecule has 4 N–H and O–H groups in total. The van der Waals surface area contributed by atoms with E-state index >= 15 is 0 Å². The van der Waals surface area contributed by atoms with Crippen molar-refractivity contribution in [1.29, 1.82) is 0 Å². The second-order valence-electron chi connectivity index (χ2n) is 3.73. The van der Waals surface area contributed by atoms with Crippen LogP contribution in [0, 0.1) is 0 Å². The minimum atomic E-state index is -0.494. The molecule has 0 aromatic carbocycles.